The monoisotopic (exact) mass is 536 g/mol. The summed E-state index contributed by atoms with van der Waals surface area (Å²) in [6.45, 7) is 0.196. The van der Waals surface area contributed by atoms with Crippen molar-refractivity contribution >= 4 is 62.8 Å². The minimum atomic E-state index is -1.00. The number of carbonyl (C=O) groups excluding carboxylic acids is 2. The van der Waals surface area contributed by atoms with Crippen LogP contribution in [0.25, 0.3) is 6.08 Å². The Bertz CT molecular complexity index is 1320. The Labute approximate surface area is 208 Å². The lowest BCUT2D eigenvalue weighted by molar-refractivity contribution is -0.122. The van der Waals surface area contributed by atoms with Crippen LogP contribution < -0.4 is 15.0 Å². The van der Waals surface area contributed by atoms with E-state index >= 15 is 0 Å². The molecule has 0 atom stereocenters. The highest BCUT2D eigenvalue weighted by atomic mass is 79.9. The van der Waals surface area contributed by atoms with Crippen LogP contribution >= 0.6 is 28.1 Å². The molecule has 3 aromatic rings. The second-order valence-electron chi connectivity index (χ2n) is 7.30. The Hall–Kier alpha value is -3.82. The van der Waals surface area contributed by atoms with Crippen LogP contribution in [0.1, 0.15) is 21.5 Å². The van der Waals surface area contributed by atoms with Gasteiger partial charge in [0.15, 0.2) is 5.11 Å². The third-order valence-electron chi connectivity index (χ3n) is 4.96. The van der Waals surface area contributed by atoms with E-state index in [0.29, 0.717) is 17.0 Å². The van der Waals surface area contributed by atoms with Crippen molar-refractivity contribution in [3.63, 3.8) is 0 Å². The predicted molar refractivity (Wildman–Crippen MR) is 135 cm³/mol. The summed E-state index contributed by atoms with van der Waals surface area (Å²) in [6, 6.07) is 20.4. The molecule has 7 nitrogen and oxygen atoms in total. The number of rotatable bonds is 6. The molecule has 0 saturated carbocycles. The molecule has 4 rings (SSSR count). The number of amides is 2. The second kappa shape index (κ2) is 9.98. The van der Waals surface area contributed by atoms with Gasteiger partial charge >= 0.3 is 5.97 Å². The molecule has 1 aliphatic rings. The maximum atomic E-state index is 13.1. The fourth-order valence-electron chi connectivity index (χ4n) is 3.27. The molecule has 0 unspecified atom stereocenters. The summed E-state index contributed by atoms with van der Waals surface area (Å²) in [5.74, 6) is -1.53. The number of carbonyl (C=O) groups is 3. The van der Waals surface area contributed by atoms with Gasteiger partial charge in [-0.05, 0) is 78.0 Å². The zero-order valence-electron chi connectivity index (χ0n) is 17.5. The summed E-state index contributed by atoms with van der Waals surface area (Å²) in [4.78, 5) is 37.9. The van der Waals surface area contributed by atoms with E-state index in [1.165, 1.54) is 17.0 Å². The Morgan fingerprint density at radius 3 is 2.44 bits per heavy atom. The molecule has 9 heteroatoms. The molecule has 34 heavy (non-hydrogen) atoms. The van der Waals surface area contributed by atoms with Gasteiger partial charge in [0, 0.05) is 4.47 Å². The number of benzene rings is 3. The van der Waals surface area contributed by atoms with Crippen molar-refractivity contribution in [3.8, 4) is 5.75 Å². The first kappa shape index (κ1) is 23.3. The summed E-state index contributed by atoms with van der Waals surface area (Å²) in [6.07, 6.45) is 1.49. The third kappa shape index (κ3) is 5.22. The van der Waals surface area contributed by atoms with Crippen molar-refractivity contribution < 1.29 is 24.2 Å². The van der Waals surface area contributed by atoms with Crippen LogP contribution in [0.15, 0.2) is 82.8 Å². The van der Waals surface area contributed by atoms with Crippen molar-refractivity contribution in [3.05, 3.63) is 99.5 Å². The molecule has 0 spiro atoms. The van der Waals surface area contributed by atoms with Crippen LogP contribution in [0.4, 0.5) is 5.69 Å². The number of nitrogens with zero attached hydrogens (tertiary/aromatic N) is 1. The Morgan fingerprint density at radius 1 is 1.06 bits per heavy atom. The second-order valence-corrected chi connectivity index (χ2v) is 8.60. The number of aromatic carboxylic acids is 1. The molecule has 3 aromatic carbocycles. The normalized spacial score (nSPS) is 14.8. The van der Waals surface area contributed by atoms with E-state index in [1.54, 1.807) is 66.7 Å². The van der Waals surface area contributed by atoms with Crippen molar-refractivity contribution in [1.29, 1.82) is 0 Å². The molecule has 0 bridgehead atoms. The van der Waals surface area contributed by atoms with E-state index in [-0.39, 0.29) is 22.9 Å². The SMILES string of the molecule is O=C1NC(=S)N(c2ccc(Br)cc2)C(=O)/C1=C/c1ccc(OCc2cccc(C(=O)O)c2)cc1. The minimum Gasteiger partial charge on any atom is -0.489 e. The molecular formula is C25H17BrN2O5S. The lowest BCUT2D eigenvalue weighted by atomic mass is 10.1. The highest BCUT2D eigenvalue weighted by Crippen LogP contribution is 2.24. The lowest BCUT2D eigenvalue weighted by Crippen LogP contribution is -2.54. The number of hydrogen-bond donors (Lipinski definition) is 2. The zero-order chi connectivity index (χ0) is 24.2. The molecule has 170 valence electrons. The van der Waals surface area contributed by atoms with Crippen LogP contribution in [0.3, 0.4) is 0 Å². The third-order valence-corrected chi connectivity index (χ3v) is 5.77. The number of nitrogens with one attached hydrogen (secondary N) is 1. The fourth-order valence-corrected chi connectivity index (χ4v) is 3.82. The van der Waals surface area contributed by atoms with Gasteiger partial charge in [0.2, 0.25) is 0 Å². The van der Waals surface area contributed by atoms with E-state index in [2.05, 4.69) is 21.2 Å². The van der Waals surface area contributed by atoms with Gasteiger partial charge in [-0.15, -0.1) is 0 Å². The Kier molecular flexibility index (Phi) is 6.85. The first-order valence-corrected chi connectivity index (χ1v) is 11.2. The zero-order valence-corrected chi connectivity index (χ0v) is 19.9. The van der Waals surface area contributed by atoms with Crippen LogP contribution in [0.2, 0.25) is 0 Å². The average Bonchev–Trinajstić information content (AvgIpc) is 2.82. The van der Waals surface area contributed by atoms with Gasteiger partial charge in [0.25, 0.3) is 11.8 Å². The van der Waals surface area contributed by atoms with Crippen LogP contribution in [-0.4, -0.2) is 28.0 Å². The molecule has 1 aliphatic heterocycles. The number of hydrogen-bond acceptors (Lipinski definition) is 5. The predicted octanol–water partition coefficient (Wildman–Crippen LogP) is 4.56. The lowest BCUT2D eigenvalue weighted by Gasteiger charge is -2.29. The molecule has 0 aliphatic carbocycles. The van der Waals surface area contributed by atoms with Gasteiger partial charge < -0.3 is 9.84 Å². The maximum Gasteiger partial charge on any atom is 0.335 e. The highest BCUT2D eigenvalue weighted by molar-refractivity contribution is 9.10. The summed E-state index contributed by atoms with van der Waals surface area (Å²) in [7, 11) is 0. The number of carboxylic acids is 1. The van der Waals surface area contributed by atoms with Crippen molar-refractivity contribution in [2.24, 2.45) is 0 Å². The summed E-state index contributed by atoms with van der Waals surface area (Å²) in [5, 5.41) is 11.7. The van der Waals surface area contributed by atoms with Crippen molar-refractivity contribution in [1.82, 2.24) is 5.32 Å². The molecule has 0 aromatic heterocycles. The summed E-state index contributed by atoms with van der Waals surface area (Å²) >= 11 is 8.56. The molecule has 1 heterocycles. The van der Waals surface area contributed by atoms with Crippen molar-refractivity contribution in [2.45, 2.75) is 6.61 Å². The average molecular weight is 537 g/mol. The van der Waals surface area contributed by atoms with Gasteiger partial charge in [0.1, 0.15) is 17.9 Å². The number of ether oxygens (including phenoxy) is 1. The highest BCUT2D eigenvalue weighted by Gasteiger charge is 2.34. The topological polar surface area (TPSA) is 95.9 Å². The van der Waals surface area contributed by atoms with Gasteiger partial charge in [-0.1, -0.05) is 40.2 Å². The number of halogens is 1. The van der Waals surface area contributed by atoms with Crippen molar-refractivity contribution in [2.75, 3.05) is 4.90 Å². The minimum absolute atomic E-state index is 0.0187. The van der Waals surface area contributed by atoms with Gasteiger partial charge in [-0.25, -0.2) is 4.79 Å². The number of anilines is 1. The quantitative estimate of drug-likeness (QED) is 0.272. The van der Waals surface area contributed by atoms with E-state index in [4.69, 9.17) is 22.1 Å². The van der Waals surface area contributed by atoms with Gasteiger partial charge in [-0.2, -0.15) is 0 Å². The Balaban J connectivity index is 1.49. The van der Waals surface area contributed by atoms with E-state index in [9.17, 15) is 14.4 Å². The van der Waals surface area contributed by atoms with E-state index < -0.39 is 17.8 Å². The van der Waals surface area contributed by atoms with Crippen LogP contribution in [0, 0.1) is 0 Å². The molecular weight excluding hydrogens is 520 g/mol. The molecule has 2 N–H and O–H groups in total. The van der Waals surface area contributed by atoms with E-state index in [0.717, 1.165) is 10.0 Å². The molecule has 1 fully saturated rings. The summed E-state index contributed by atoms with van der Waals surface area (Å²) < 4.78 is 6.57. The molecule has 0 radical (unpaired) electrons. The standard InChI is InChI=1S/C25H17BrN2O5S/c26-18-6-8-19(9-7-18)28-23(30)21(22(29)27-25(28)34)13-15-4-10-20(11-5-15)33-14-16-2-1-3-17(12-16)24(31)32/h1-13H,14H2,(H,31,32)(H,27,29,34)/b21-13+. The summed E-state index contributed by atoms with van der Waals surface area (Å²) in [5.41, 5.74) is 2.03. The largest absolute Gasteiger partial charge is 0.489 e. The fraction of sp³-hybridized carbons (Fsp3) is 0.0400. The maximum absolute atomic E-state index is 13.1. The molecule has 1 saturated heterocycles. The number of carboxylic acid groups (broad SMARTS) is 1. The molecule has 2 amide bonds. The van der Waals surface area contributed by atoms with Crippen LogP contribution in [0.5, 0.6) is 5.75 Å². The van der Waals surface area contributed by atoms with Gasteiger partial charge in [0.05, 0.1) is 11.3 Å². The van der Waals surface area contributed by atoms with Crippen LogP contribution in [-0.2, 0) is 16.2 Å². The van der Waals surface area contributed by atoms with E-state index in [1.807, 2.05) is 0 Å². The number of thiocarbonyl (C=S) groups is 1. The van der Waals surface area contributed by atoms with Gasteiger partial charge in [-0.3, -0.25) is 19.8 Å². The first-order valence-electron chi connectivity index (χ1n) is 10.0. The smallest absolute Gasteiger partial charge is 0.335 e. The first-order chi connectivity index (χ1) is 16.3. The Morgan fingerprint density at radius 2 is 1.76 bits per heavy atom.